The number of fused-ring (bicyclic) bond motifs is 2. The molecule has 0 N–H and O–H groups in total. The van der Waals surface area contributed by atoms with E-state index < -0.39 is 0 Å². The van der Waals surface area contributed by atoms with Crippen LogP contribution in [0.4, 0.5) is 0 Å². The van der Waals surface area contributed by atoms with Gasteiger partial charge in [0.15, 0.2) is 0 Å². The molecule has 0 unspecified atom stereocenters. The number of methoxy groups -OCH3 is 1. The number of nitriles is 2. The first-order valence-electron chi connectivity index (χ1n) is 11.7. The maximum absolute atomic E-state index is 9.30. The van der Waals surface area contributed by atoms with E-state index in [1.54, 1.807) is 7.11 Å². The molecule has 2 heterocycles. The summed E-state index contributed by atoms with van der Waals surface area (Å²) in [4.78, 5) is 0. The summed E-state index contributed by atoms with van der Waals surface area (Å²) in [5.74, 6) is 1.99. The molecule has 6 rings (SSSR count). The highest BCUT2D eigenvalue weighted by Gasteiger charge is 2.12. The second kappa shape index (κ2) is 8.96. The minimum atomic E-state index is 0.605. The fraction of sp³-hybridized carbons (Fsp3) is 0.0323. The van der Waals surface area contributed by atoms with Crippen molar-refractivity contribution in [1.82, 2.24) is 9.13 Å². The molecule has 0 fully saturated rings. The number of hydrogen-bond acceptors (Lipinski definition) is 4. The van der Waals surface area contributed by atoms with Crippen LogP contribution in [0.5, 0.6) is 17.2 Å². The summed E-state index contributed by atoms with van der Waals surface area (Å²) in [6.07, 6.45) is 3.96. The largest absolute Gasteiger partial charge is 0.494 e. The number of ether oxygens (including phenoxy) is 2. The molecule has 0 saturated carbocycles. The Labute approximate surface area is 213 Å². The maximum atomic E-state index is 9.30. The molecule has 37 heavy (non-hydrogen) atoms. The maximum Gasteiger partial charge on any atom is 0.146 e. The van der Waals surface area contributed by atoms with Crippen molar-refractivity contribution < 1.29 is 9.47 Å². The Morgan fingerprint density at radius 3 is 1.84 bits per heavy atom. The summed E-state index contributed by atoms with van der Waals surface area (Å²) >= 11 is 0. The van der Waals surface area contributed by atoms with Crippen LogP contribution in [0.15, 0.2) is 103 Å². The summed E-state index contributed by atoms with van der Waals surface area (Å²) in [7, 11) is 1.63. The van der Waals surface area contributed by atoms with E-state index in [-0.39, 0.29) is 0 Å². The van der Waals surface area contributed by atoms with E-state index in [0.717, 1.165) is 33.2 Å². The van der Waals surface area contributed by atoms with Gasteiger partial charge in [-0.25, -0.2) is 0 Å². The van der Waals surface area contributed by atoms with Crippen LogP contribution in [0.2, 0.25) is 0 Å². The van der Waals surface area contributed by atoms with Crippen molar-refractivity contribution in [1.29, 1.82) is 10.5 Å². The van der Waals surface area contributed by atoms with E-state index in [1.165, 1.54) is 0 Å². The predicted molar refractivity (Wildman–Crippen MR) is 143 cm³/mol. The number of nitrogens with zero attached hydrogens (tertiary/aromatic N) is 4. The predicted octanol–water partition coefficient (Wildman–Crippen LogP) is 7.12. The lowest BCUT2D eigenvalue weighted by atomic mass is 10.2. The van der Waals surface area contributed by atoms with Crippen LogP contribution in [-0.4, -0.2) is 16.2 Å². The van der Waals surface area contributed by atoms with Gasteiger partial charge in [0.2, 0.25) is 0 Å². The first kappa shape index (κ1) is 22.0. The third kappa shape index (κ3) is 3.93. The zero-order chi connectivity index (χ0) is 25.4. The molecule has 176 valence electrons. The third-order valence-corrected chi connectivity index (χ3v) is 6.41. The Hall–Kier alpha value is -5.46. The molecule has 0 saturated heterocycles. The summed E-state index contributed by atoms with van der Waals surface area (Å²) in [6, 6.07) is 33.2. The highest BCUT2D eigenvalue weighted by molar-refractivity contribution is 5.84. The lowest BCUT2D eigenvalue weighted by molar-refractivity contribution is 0.407. The van der Waals surface area contributed by atoms with E-state index in [4.69, 9.17) is 9.47 Å². The Morgan fingerprint density at radius 2 is 1.22 bits per heavy atom. The van der Waals surface area contributed by atoms with Crippen molar-refractivity contribution in [3.63, 3.8) is 0 Å². The Bertz CT molecular complexity index is 1860. The SMILES string of the molecule is COc1cc(Oc2ccc(-n3ccc4ccc(C#N)cc43)cc2)ccc1-n1ccc2ccc(C#N)cc21. The lowest BCUT2D eigenvalue weighted by Crippen LogP contribution is -1.98. The topological polar surface area (TPSA) is 75.9 Å². The van der Waals surface area contributed by atoms with Gasteiger partial charge in [-0.05, 0) is 72.8 Å². The molecule has 0 aliphatic carbocycles. The van der Waals surface area contributed by atoms with Crippen LogP contribution >= 0.6 is 0 Å². The quantitative estimate of drug-likeness (QED) is 0.263. The zero-order valence-corrected chi connectivity index (χ0v) is 19.9. The minimum Gasteiger partial charge on any atom is -0.494 e. The molecule has 6 heteroatoms. The normalized spacial score (nSPS) is 10.8. The molecule has 2 aromatic heterocycles. The van der Waals surface area contributed by atoms with Crippen molar-refractivity contribution in [2.75, 3.05) is 7.11 Å². The number of hydrogen-bond donors (Lipinski definition) is 0. The fourth-order valence-electron chi connectivity index (χ4n) is 4.56. The monoisotopic (exact) mass is 480 g/mol. The van der Waals surface area contributed by atoms with E-state index in [2.05, 4.69) is 16.7 Å². The molecular formula is C31H20N4O2. The standard InChI is InChI=1S/C31H20N4O2/c1-36-31-18-27(10-11-28(31)35-15-13-24-5-3-22(20-33)17-30(24)35)37-26-8-6-25(7-9-26)34-14-12-23-4-2-21(19-32)16-29(23)34/h2-18H,1H3. The Morgan fingerprint density at radius 1 is 0.622 bits per heavy atom. The average molecular weight is 481 g/mol. The van der Waals surface area contributed by atoms with Gasteiger partial charge in [-0.3, -0.25) is 0 Å². The number of rotatable bonds is 5. The van der Waals surface area contributed by atoms with E-state index in [9.17, 15) is 10.5 Å². The van der Waals surface area contributed by atoms with Crippen LogP contribution in [0.1, 0.15) is 11.1 Å². The molecular weight excluding hydrogens is 460 g/mol. The van der Waals surface area contributed by atoms with Crippen LogP contribution in [0, 0.1) is 22.7 Å². The summed E-state index contributed by atoms with van der Waals surface area (Å²) in [5.41, 5.74) is 4.97. The van der Waals surface area contributed by atoms with Gasteiger partial charge in [0.05, 0.1) is 47.1 Å². The molecule has 0 radical (unpaired) electrons. The smallest absolute Gasteiger partial charge is 0.146 e. The van der Waals surface area contributed by atoms with Crippen molar-refractivity contribution in [2.24, 2.45) is 0 Å². The number of aromatic nitrogens is 2. The van der Waals surface area contributed by atoms with Gasteiger partial charge in [0.1, 0.15) is 17.2 Å². The Kier molecular flexibility index (Phi) is 5.33. The second-order valence-electron chi connectivity index (χ2n) is 8.57. The van der Waals surface area contributed by atoms with E-state index >= 15 is 0 Å². The first-order valence-corrected chi connectivity index (χ1v) is 11.7. The van der Waals surface area contributed by atoms with Gasteiger partial charge in [-0.2, -0.15) is 10.5 Å². The molecule has 0 amide bonds. The second-order valence-corrected chi connectivity index (χ2v) is 8.57. The zero-order valence-electron chi connectivity index (χ0n) is 19.9. The number of benzene rings is 4. The molecule has 0 aliphatic heterocycles. The Balaban J connectivity index is 1.28. The van der Waals surface area contributed by atoms with Crippen LogP contribution in [-0.2, 0) is 0 Å². The van der Waals surface area contributed by atoms with Crippen molar-refractivity contribution >= 4 is 21.8 Å². The molecule has 0 spiro atoms. The van der Waals surface area contributed by atoms with Crippen LogP contribution < -0.4 is 9.47 Å². The summed E-state index contributed by atoms with van der Waals surface area (Å²) < 4.78 is 15.9. The summed E-state index contributed by atoms with van der Waals surface area (Å²) in [5, 5.41) is 20.7. The molecule has 4 aromatic carbocycles. The first-order chi connectivity index (χ1) is 18.2. The molecule has 6 aromatic rings. The van der Waals surface area contributed by atoms with E-state index in [0.29, 0.717) is 28.4 Å². The highest BCUT2D eigenvalue weighted by Crippen LogP contribution is 2.33. The van der Waals surface area contributed by atoms with Crippen molar-refractivity contribution in [3.05, 3.63) is 115 Å². The third-order valence-electron chi connectivity index (χ3n) is 6.41. The van der Waals surface area contributed by atoms with Gasteiger partial charge in [-0.1, -0.05) is 12.1 Å². The summed E-state index contributed by atoms with van der Waals surface area (Å²) in [6.45, 7) is 0. The average Bonchev–Trinajstić information content (AvgIpc) is 3.57. The molecule has 0 bridgehead atoms. The van der Waals surface area contributed by atoms with Gasteiger partial charge in [-0.15, -0.1) is 0 Å². The fourth-order valence-corrected chi connectivity index (χ4v) is 4.56. The highest BCUT2D eigenvalue weighted by atomic mass is 16.5. The molecule has 6 nitrogen and oxygen atoms in total. The van der Waals surface area contributed by atoms with Crippen LogP contribution in [0.3, 0.4) is 0 Å². The van der Waals surface area contributed by atoms with Crippen molar-refractivity contribution in [3.8, 4) is 40.8 Å². The molecule has 0 aliphatic rings. The lowest BCUT2D eigenvalue weighted by Gasteiger charge is -2.14. The van der Waals surface area contributed by atoms with Gasteiger partial charge < -0.3 is 18.6 Å². The van der Waals surface area contributed by atoms with Gasteiger partial charge in [0, 0.05) is 34.9 Å². The van der Waals surface area contributed by atoms with Crippen LogP contribution in [0.25, 0.3) is 33.2 Å². The molecule has 0 atom stereocenters. The minimum absolute atomic E-state index is 0.605. The van der Waals surface area contributed by atoms with Crippen molar-refractivity contribution in [2.45, 2.75) is 0 Å². The van der Waals surface area contributed by atoms with Gasteiger partial charge >= 0.3 is 0 Å². The van der Waals surface area contributed by atoms with Gasteiger partial charge in [0.25, 0.3) is 0 Å². The van der Waals surface area contributed by atoms with E-state index in [1.807, 2.05) is 108 Å².